The van der Waals surface area contributed by atoms with Crippen molar-refractivity contribution in [2.24, 2.45) is 0 Å². The van der Waals surface area contributed by atoms with Crippen LogP contribution >= 0.6 is 11.6 Å². The third-order valence-corrected chi connectivity index (χ3v) is 3.27. The van der Waals surface area contributed by atoms with E-state index in [9.17, 15) is 10.1 Å². The van der Waals surface area contributed by atoms with E-state index in [1.165, 1.54) is 18.3 Å². The molecule has 7 heteroatoms. The van der Waals surface area contributed by atoms with Crippen LogP contribution in [-0.2, 0) is 0 Å². The van der Waals surface area contributed by atoms with Crippen LogP contribution in [-0.4, -0.2) is 20.1 Å². The van der Waals surface area contributed by atoms with Crippen molar-refractivity contribution >= 4 is 17.3 Å². The number of non-ortho nitro benzene ring substituents is 1. The molecule has 1 aromatic heterocycles. The number of aromatic nitrogens is 3. The van der Waals surface area contributed by atoms with Crippen molar-refractivity contribution in [3.8, 4) is 22.6 Å². The molecule has 0 N–H and O–H groups in total. The Morgan fingerprint density at radius 2 is 1.77 bits per heavy atom. The van der Waals surface area contributed by atoms with Crippen molar-refractivity contribution < 1.29 is 4.92 Å². The molecule has 108 valence electrons. The first kappa shape index (κ1) is 14.1. The number of nitro groups is 1. The quantitative estimate of drug-likeness (QED) is 0.543. The molecule has 0 aliphatic rings. The molecule has 1 heterocycles. The van der Waals surface area contributed by atoms with Gasteiger partial charge in [0.2, 0.25) is 0 Å². The van der Waals surface area contributed by atoms with Crippen LogP contribution < -0.4 is 0 Å². The molecular weight excluding hydrogens is 304 g/mol. The van der Waals surface area contributed by atoms with E-state index in [4.69, 9.17) is 11.6 Å². The highest BCUT2D eigenvalue weighted by molar-refractivity contribution is 6.30. The highest BCUT2D eigenvalue weighted by Crippen LogP contribution is 2.22. The normalized spacial score (nSPS) is 10.4. The van der Waals surface area contributed by atoms with Crippen molar-refractivity contribution in [1.82, 2.24) is 15.2 Å². The minimum absolute atomic E-state index is 0.000998. The lowest BCUT2D eigenvalue weighted by Gasteiger charge is -2.02. The Labute approximate surface area is 130 Å². The first-order chi connectivity index (χ1) is 10.6. The molecule has 22 heavy (non-hydrogen) atoms. The van der Waals surface area contributed by atoms with Gasteiger partial charge in [0.25, 0.3) is 5.69 Å². The van der Waals surface area contributed by atoms with Crippen molar-refractivity contribution in [2.45, 2.75) is 0 Å². The highest BCUT2D eigenvalue weighted by atomic mass is 35.5. The molecule has 0 amide bonds. The standard InChI is InChI=1S/C15H9ClN4O2/c16-12-6-4-10(5-7-12)15-17-9-14(18-19-15)11-2-1-3-13(8-11)20(21)22/h1-9H. The van der Waals surface area contributed by atoms with Gasteiger partial charge in [0.05, 0.1) is 11.1 Å². The largest absolute Gasteiger partial charge is 0.270 e. The molecule has 0 bridgehead atoms. The van der Waals surface area contributed by atoms with Crippen LogP contribution in [0.4, 0.5) is 5.69 Å². The number of nitro benzene ring substituents is 1. The maximum Gasteiger partial charge on any atom is 0.270 e. The van der Waals surface area contributed by atoms with E-state index >= 15 is 0 Å². The third-order valence-electron chi connectivity index (χ3n) is 3.02. The Morgan fingerprint density at radius 3 is 2.41 bits per heavy atom. The number of hydrogen-bond acceptors (Lipinski definition) is 5. The highest BCUT2D eigenvalue weighted by Gasteiger charge is 2.09. The predicted molar refractivity (Wildman–Crippen MR) is 82.4 cm³/mol. The van der Waals surface area contributed by atoms with Gasteiger partial charge < -0.3 is 0 Å². The Balaban J connectivity index is 1.92. The Morgan fingerprint density at radius 1 is 1.00 bits per heavy atom. The molecule has 0 radical (unpaired) electrons. The Bertz CT molecular complexity index is 820. The van der Waals surface area contributed by atoms with E-state index in [1.54, 1.807) is 36.4 Å². The maximum absolute atomic E-state index is 10.8. The molecule has 2 aromatic carbocycles. The summed E-state index contributed by atoms with van der Waals surface area (Å²) in [6, 6.07) is 13.3. The molecule has 0 unspecified atom stereocenters. The minimum Gasteiger partial charge on any atom is -0.258 e. The van der Waals surface area contributed by atoms with Gasteiger partial charge in [0.1, 0.15) is 5.69 Å². The molecule has 6 nitrogen and oxygen atoms in total. The molecule has 0 fully saturated rings. The van der Waals surface area contributed by atoms with Gasteiger partial charge in [-0.15, -0.1) is 10.2 Å². The van der Waals surface area contributed by atoms with Gasteiger partial charge in [-0.25, -0.2) is 4.98 Å². The summed E-state index contributed by atoms with van der Waals surface area (Å²) >= 11 is 5.83. The van der Waals surface area contributed by atoms with Gasteiger partial charge in [0.15, 0.2) is 5.82 Å². The zero-order valence-electron chi connectivity index (χ0n) is 11.2. The van der Waals surface area contributed by atoms with Gasteiger partial charge in [-0.3, -0.25) is 10.1 Å². The molecular formula is C15H9ClN4O2. The predicted octanol–water partition coefficient (Wildman–Crippen LogP) is 3.77. The van der Waals surface area contributed by atoms with Crippen LogP contribution in [0.3, 0.4) is 0 Å². The Hall–Kier alpha value is -2.86. The summed E-state index contributed by atoms with van der Waals surface area (Å²) in [5.41, 5.74) is 1.86. The fourth-order valence-electron chi connectivity index (χ4n) is 1.92. The van der Waals surface area contributed by atoms with Crippen molar-refractivity contribution in [2.75, 3.05) is 0 Å². The lowest BCUT2D eigenvalue weighted by molar-refractivity contribution is -0.384. The average Bonchev–Trinajstić information content (AvgIpc) is 2.56. The monoisotopic (exact) mass is 312 g/mol. The first-order valence-corrected chi connectivity index (χ1v) is 6.72. The molecule has 0 spiro atoms. The van der Waals surface area contributed by atoms with Crippen LogP contribution in [0.25, 0.3) is 22.6 Å². The van der Waals surface area contributed by atoms with Crippen LogP contribution in [0, 0.1) is 10.1 Å². The fraction of sp³-hybridized carbons (Fsp3) is 0. The van der Waals surface area contributed by atoms with Crippen LogP contribution in [0.15, 0.2) is 54.7 Å². The third kappa shape index (κ3) is 2.91. The topological polar surface area (TPSA) is 81.8 Å². The summed E-state index contributed by atoms with van der Waals surface area (Å²) in [4.78, 5) is 14.6. The number of hydrogen-bond donors (Lipinski definition) is 0. The van der Waals surface area contributed by atoms with Crippen LogP contribution in [0.2, 0.25) is 5.02 Å². The molecule has 0 atom stereocenters. The first-order valence-electron chi connectivity index (χ1n) is 6.34. The van der Waals surface area contributed by atoms with E-state index in [-0.39, 0.29) is 5.69 Å². The SMILES string of the molecule is O=[N+]([O-])c1cccc(-c2cnc(-c3ccc(Cl)cc3)nn2)c1. The fourth-order valence-corrected chi connectivity index (χ4v) is 2.04. The number of halogens is 1. The van der Waals surface area contributed by atoms with Gasteiger partial charge in [-0.05, 0) is 24.3 Å². The van der Waals surface area contributed by atoms with Crippen LogP contribution in [0.1, 0.15) is 0 Å². The summed E-state index contributed by atoms with van der Waals surface area (Å²) in [6.45, 7) is 0. The van der Waals surface area contributed by atoms with Gasteiger partial charge in [-0.1, -0.05) is 23.7 Å². The summed E-state index contributed by atoms with van der Waals surface area (Å²) < 4.78 is 0. The molecule has 0 aliphatic heterocycles. The molecule has 0 saturated carbocycles. The van der Waals surface area contributed by atoms with Crippen molar-refractivity contribution in [3.63, 3.8) is 0 Å². The number of benzene rings is 2. The summed E-state index contributed by atoms with van der Waals surface area (Å²) in [5.74, 6) is 0.464. The average molecular weight is 313 g/mol. The van der Waals surface area contributed by atoms with Gasteiger partial charge in [-0.2, -0.15) is 0 Å². The minimum atomic E-state index is -0.452. The number of rotatable bonds is 3. The van der Waals surface area contributed by atoms with E-state index < -0.39 is 4.92 Å². The van der Waals surface area contributed by atoms with E-state index in [0.29, 0.717) is 22.1 Å². The smallest absolute Gasteiger partial charge is 0.258 e. The van der Waals surface area contributed by atoms with E-state index in [0.717, 1.165) is 5.56 Å². The summed E-state index contributed by atoms with van der Waals surface area (Å²) in [6.07, 6.45) is 1.54. The lowest BCUT2D eigenvalue weighted by Crippen LogP contribution is -1.95. The van der Waals surface area contributed by atoms with E-state index in [2.05, 4.69) is 15.2 Å². The van der Waals surface area contributed by atoms with Gasteiger partial charge in [0, 0.05) is 28.3 Å². The molecule has 3 rings (SSSR count). The van der Waals surface area contributed by atoms with E-state index in [1.807, 2.05) is 0 Å². The zero-order chi connectivity index (χ0) is 15.5. The van der Waals surface area contributed by atoms with Crippen molar-refractivity contribution in [1.29, 1.82) is 0 Å². The maximum atomic E-state index is 10.8. The second-order valence-electron chi connectivity index (χ2n) is 4.48. The second-order valence-corrected chi connectivity index (χ2v) is 4.92. The molecule has 0 aliphatic carbocycles. The molecule has 3 aromatic rings. The lowest BCUT2D eigenvalue weighted by atomic mass is 10.1. The number of nitrogens with zero attached hydrogens (tertiary/aromatic N) is 4. The van der Waals surface area contributed by atoms with Crippen molar-refractivity contribution in [3.05, 3.63) is 69.9 Å². The summed E-state index contributed by atoms with van der Waals surface area (Å²) in [5, 5.41) is 19.6. The van der Waals surface area contributed by atoms with Crippen LogP contribution in [0.5, 0.6) is 0 Å². The van der Waals surface area contributed by atoms with Gasteiger partial charge >= 0.3 is 0 Å². The zero-order valence-corrected chi connectivity index (χ0v) is 11.9. The second kappa shape index (κ2) is 5.87. The Kier molecular flexibility index (Phi) is 3.76. The molecule has 0 saturated heterocycles. The summed E-state index contributed by atoms with van der Waals surface area (Å²) in [7, 11) is 0.